The quantitative estimate of drug-likeness (QED) is 0.639. The van der Waals surface area contributed by atoms with Crippen molar-refractivity contribution >= 4 is 23.2 Å². The van der Waals surface area contributed by atoms with Gasteiger partial charge in [0.05, 0.1) is 30.7 Å². The lowest BCUT2D eigenvalue weighted by Gasteiger charge is -2.14. The van der Waals surface area contributed by atoms with Crippen molar-refractivity contribution in [3.05, 3.63) is 27.5 Å². The molecule has 126 valence electrons. The largest absolute Gasteiger partial charge is 0.351 e. The number of aryl methyl sites for hydroxylation is 2. The number of nitrogens with zero attached hydrogens (tertiary/aromatic N) is 5. The Morgan fingerprint density at radius 3 is 2.52 bits per heavy atom. The van der Waals surface area contributed by atoms with Gasteiger partial charge in [-0.05, 0) is 13.8 Å². The number of guanidine groups is 1. The van der Waals surface area contributed by atoms with Crippen LogP contribution in [0.3, 0.4) is 0 Å². The molecule has 2 aromatic rings. The maximum Gasteiger partial charge on any atom is 0.204 e. The van der Waals surface area contributed by atoms with E-state index in [0.717, 1.165) is 28.3 Å². The van der Waals surface area contributed by atoms with Crippen molar-refractivity contribution in [3.63, 3.8) is 0 Å². The molecule has 2 N–H and O–H groups in total. The van der Waals surface area contributed by atoms with Crippen LogP contribution in [0.5, 0.6) is 0 Å². The first kappa shape index (κ1) is 17.3. The molecule has 23 heavy (non-hydrogen) atoms. The molecule has 0 aliphatic rings. The Labute approximate surface area is 141 Å². The number of aliphatic imine (C=N–C) groups is 1. The normalized spacial score (nSPS) is 11.7. The number of aromatic nitrogens is 3. The fraction of sp³-hybridized carbons (Fsp3) is 0.533. The molecule has 0 saturated carbocycles. The third-order valence-electron chi connectivity index (χ3n) is 3.60. The van der Waals surface area contributed by atoms with E-state index in [1.165, 1.54) is 4.88 Å². The van der Waals surface area contributed by atoms with Gasteiger partial charge in [0, 0.05) is 33.1 Å². The summed E-state index contributed by atoms with van der Waals surface area (Å²) in [5, 5.41) is 7.67. The van der Waals surface area contributed by atoms with E-state index >= 15 is 0 Å². The predicted octanol–water partition coefficient (Wildman–Crippen LogP) is 1.42. The van der Waals surface area contributed by atoms with Crippen LogP contribution in [0.25, 0.3) is 0 Å². The smallest absolute Gasteiger partial charge is 0.204 e. The summed E-state index contributed by atoms with van der Waals surface area (Å²) in [7, 11) is 7.74. The standard InChI is InChI=1S/C15H25N7S/c1-10-11(2)23-13(20-10)9-18-14(16-3)17-7-12-8-19-15(21(4)5)22(12)6/h8H,7,9H2,1-6H3,(H2,16,17,18). The van der Waals surface area contributed by atoms with Crippen LogP contribution in [0.15, 0.2) is 11.2 Å². The lowest BCUT2D eigenvalue weighted by Crippen LogP contribution is -2.36. The molecule has 2 rings (SSSR count). The van der Waals surface area contributed by atoms with Gasteiger partial charge >= 0.3 is 0 Å². The Morgan fingerprint density at radius 1 is 1.30 bits per heavy atom. The van der Waals surface area contributed by atoms with E-state index in [9.17, 15) is 0 Å². The summed E-state index contributed by atoms with van der Waals surface area (Å²) in [4.78, 5) is 16.4. The van der Waals surface area contributed by atoms with Crippen LogP contribution in [-0.2, 0) is 20.1 Å². The summed E-state index contributed by atoms with van der Waals surface area (Å²) in [6.07, 6.45) is 1.88. The second-order valence-electron chi connectivity index (χ2n) is 5.53. The molecule has 0 aliphatic heterocycles. The first-order valence-corrected chi connectivity index (χ1v) is 8.29. The highest BCUT2D eigenvalue weighted by Gasteiger charge is 2.09. The van der Waals surface area contributed by atoms with Gasteiger partial charge in [-0.2, -0.15) is 0 Å². The second-order valence-corrected chi connectivity index (χ2v) is 6.82. The highest BCUT2D eigenvalue weighted by Crippen LogP contribution is 2.16. The van der Waals surface area contributed by atoms with E-state index in [4.69, 9.17) is 0 Å². The molecule has 2 heterocycles. The van der Waals surface area contributed by atoms with Gasteiger partial charge in [-0.25, -0.2) is 9.97 Å². The van der Waals surface area contributed by atoms with Crippen LogP contribution in [0.4, 0.5) is 5.95 Å². The third kappa shape index (κ3) is 4.22. The van der Waals surface area contributed by atoms with Crippen molar-refractivity contribution < 1.29 is 0 Å². The minimum absolute atomic E-state index is 0.660. The number of imidazole rings is 1. The van der Waals surface area contributed by atoms with E-state index in [1.54, 1.807) is 18.4 Å². The van der Waals surface area contributed by atoms with Gasteiger partial charge < -0.3 is 20.1 Å². The molecule has 0 spiro atoms. The number of hydrogen-bond donors (Lipinski definition) is 2. The average Bonchev–Trinajstić information content (AvgIpc) is 3.02. The van der Waals surface area contributed by atoms with E-state index in [2.05, 4.69) is 37.1 Å². The molecule has 8 heteroatoms. The predicted molar refractivity (Wildman–Crippen MR) is 96.2 cm³/mol. The van der Waals surface area contributed by atoms with Gasteiger partial charge in [-0.15, -0.1) is 11.3 Å². The van der Waals surface area contributed by atoms with Gasteiger partial charge in [-0.1, -0.05) is 0 Å². The van der Waals surface area contributed by atoms with Crippen LogP contribution >= 0.6 is 11.3 Å². The lowest BCUT2D eigenvalue weighted by atomic mass is 10.4. The monoisotopic (exact) mass is 335 g/mol. The number of thiazole rings is 1. The first-order valence-electron chi connectivity index (χ1n) is 7.47. The molecule has 0 bridgehead atoms. The molecular formula is C15H25N7S. The topological polar surface area (TPSA) is 70.4 Å². The van der Waals surface area contributed by atoms with Gasteiger partial charge in [0.15, 0.2) is 5.96 Å². The van der Waals surface area contributed by atoms with Crippen LogP contribution in [0.2, 0.25) is 0 Å². The third-order valence-corrected chi connectivity index (χ3v) is 4.67. The van der Waals surface area contributed by atoms with Gasteiger partial charge in [-0.3, -0.25) is 4.99 Å². The highest BCUT2D eigenvalue weighted by molar-refractivity contribution is 7.11. The van der Waals surface area contributed by atoms with Crippen molar-refractivity contribution in [1.82, 2.24) is 25.2 Å². The minimum Gasteiger partial charge on any atom is -0.351 e. The number of rotatable bonds is 5. The van der Waals surface area contributed by atoms with Crippen LogP contribution < -0.4 is 15.5 Å². The SMILES string of the molecule is CN=C(NCc1nc(C)c(C)s1)NCc1cnc(N(C)C)n1C. The number of nitrogens with one attached hydrogen (secondary N) is 2. The molecule has 0 fully saturated rings. The summed E-state index contributed by atoms with van der Waals surface area (Å²) >= 11 is 1.71. The second kappa shape index (κ2) is 7.45. The van der Waals surface area contributed by atoms with E-state index < -0.39 is 0 Å². The number of hydrogen-bond acceptors (Lipinski definition) is 5. The Kier molecular flexibility index (Phi) is 5.59. The Hall–Kier alpha value is -2.09. The van der Waals surface area contributed by atoms with E-state index in [-0.39, 0.29) is 0 Å². The molecule has 0 aliphatic carbocycles. The maximum absolute atomic E-state index is 4.53. The van der Waals surface area contributed by atoms with Crippen LogP contribution in [-0.4, -0.2) is 41.6 Å². The Bertz CT molecular complexity index is 665. The molecule has 0 radical (unpaired) electrons. The minimum atomic E-state index is 0.660. The zero-order chi connectivity index (χ0) is 17.0. The lowest BCUT2D eigenvalue weighted by molar-refractivity contribution is 0.742. The zero-order valence-corrected chi connectivity index (χ0v) is 15.5. The molecule has 0 atom stereocenters. The molecule has 0 saturated heterocycles. The Morgan fingerprint density at radius 2 is 2.00 bits per heavy atom. The first-order chi connectivity index (χ1) is 10.9. The zero-order valence-electron chi connectivity index (χ0n) is 14.6. The van der Waals surface area contributed by atoms with E-state index in [1.807, 2.05) is 39.2 Å². The van der Waals surface area contributed by atoms with Crippen molar-refractivity contribution in [2.75, 3.05) is 26.0 Å². The van der Waals surface area contributed by atoms with Gasteiger partial charge in [0.2, 0.25) is 5.95 Å². The Balaban J connectivity index is 1.90. The summed E-state index contributed by atoms with van der Waals surface area (Å²) in [5.74, 6) is 1.68. The van der Waals surface area contributed by atoms with Crippen molar-refractivity contribution in [1.29, 1.82) is 0 Å². The molecule has 0 aromatic carbocycles. The van der Waals surface area contributed by atoms with Crippen LogP contribution in [0.1, 0.15) is 21.3 Å². The van der Waals surface area contributed by atoms with Crippen molar-refractivity contribution in [2.24, 2.45) is 12.0 Å². The summed E-state index contributed by atoms with van der Waals surface area (Å²) in [6.45, 7) is 5.46. The molecule has 0 unspecified atom stereocenters. The van der Waals surface area contributed by atoms with Gasteiger partial charge in [0.25, 0.3) is 0 Å². The molecular weight excluding hydrogens is 310 g/mol. The molecule has 2 aromatic heterocycles. The van der Waals surface area contributed by atoms with Crippen molar-refractivity contribution in [3.8, 4) is 0 Å². The fourth-order valence-corrected chi connectivity index (χ4v) is 3.06. The average molecular weight is 335 g/mol. The molecule has 7 nitrogen and oxygen atoms in total. The highest BCUT2D eigenvalue weighted by atomic mass is 32.1. The maximum atomic E-state index is 4.53. The fourth-order valence-electron chi connectivity index (χ4n) is 2.18. The summed E-state index contributed by atoms with van der Waals surface area (Å²) < 4.78 is 2.06. The summed E-state index contributed by atoms with van der Waals surface area (Å²) in [5.41, 5.74) is 2.19. The van der Waals surface area contributed by atoms with E-state index in [0.29, 0.717) is 13.1 Å². The van der Waals surface area contributed by atoms with Crippen molar-refractivity contribution in [2.45, 2.75) is 26.9 Å². The summed E-state index contributed by atoms with van der Waals surface area (Å²) in [6, 6.07) is 0. The molecule has 0 amide bonds. The van der Waals surface area contributed by atoms with Crippen LogP contribution in [0, 0.1) is 13.8 Å². The number of anilines is 1. The van der Waals surface area contributed by atoms with Gasteiger partial charge in [0.1, 0.15) is 5.01 Å².